The summed E-state index contributed by atoms with van der Waals surface area (Å²) in [5, 5.41) is 5.20. The van der Waals surface area contributed by atoms with Crippen molar-refractivity contribution in [1.82, 2.24) is 4.90 Å². The zero-order chi connectivity index (χ0) is 20.5. The van der Waals surface area contributed by atoms with Crippen molar-refractivity contribution in [3.63, 3.8) is 0 Å². The summed E-state index contributed by atoms with van der Waals surface area (Å²) in [6.07, 6.45) is 0.155. The Labute approximate surface area is 164 Å². The maximum absolute atomic E-state index is 13.0. The first-order valence-electron chi connectivity index (χ1n) is 8.93. The number of hydrogen-bond acceptors (Lipinski definition) is 4. The van der Waals surface area contributed by atoms with Gasteiger partial charge in [0.25, 0.3) is 0 Å². The van der Waals surface area contributed by atoms with Gasteiger partial charge in [0.2, 0.25) is 21.8 Å². The van der Waals surface area contributed by atoms with Crippen LogP contribution in [0.5, 0.6) is 0 Å². The van der Waals surface area contributed by atoms with Crippen LogP contribution >= 0.6 is 0 Å². The van der Waals surface area contributed by atoms with Gasteiger partial charge < -0.3 is 9.80 Å². The predicted octanol–water partition coefficient (Wildman–Crippen LogP) is 1.91. The number of amides is 2. The molecule has 0 saturated carbocycles. The normalized spacial score (nSPS) is 18.2. The van der Waals surface area contributed by atoms with Crippen molar-refractivity contribution in [3.8, 4) is 0 Å². The smallest absolute Gasteiger partial charge is 0.238 e. The highest BCUT2D eigenvalue weighted by atomic mass is 32.2. The third kappa shape index (κ3) is 4.07. The topological polar surface area (TPSA) is 101 Å². The summed E-state index contributed by atoms with van der Waals surface area (Å²) < 4.78 is 23.2. The minimum absolute atomic E-state index is 0.00370. The van der Waals surface area contributed by atoms with Crippen LogP contribution < -0.4 is 10.0 Å². The standard InChI is InChI=1S/C20H23N3O4S/c1-14(15-7-6-10-18(11-15)28(21,26)27)22(2)20(25)16-12-19(24)23(13-16)17-8-4-3-5-9-17/h3-11,14,16H,12-13H2,1-2H3,(H2,21,26,27). The lowest BCUT2D eigenvalue weighted by molar-refractivity contribution is -0.136. The Morgan fingerprint density at radius 2 is 1.86 bits per heavy atom. The van der Waals surface area contributed by atoms with Crippen LogP contribution in [0.25, 0.3) is 0 Å². The zero-order valence-corrected chi connectivity index (χ0v) is 16.6. The second kappa shape index (κ2) is 7.73. The van der Waals surface area contributed by atoms with E-state index in [2.05, 4.69) is 0 Å². The lowest BCUT2D eigenvalue weighted by Gasteiger charge is -2.28. The number of rotatable bonds is 5. The fraction of sp³-hybridized carbons (Fsp3) is 0.300. The number of benzene rings is 2. The van der Waals surface area contributed by atoms with Crippen molar-refractivity contribution < 1.29 is 18.0 Å². The third-order valence-corrected chi connectivity index (χ3v) is 6.05. The minimum Gasteiger partial charge on any atom is -0.339 e. The number of hydrogen-bond donors (Lipinski definition) is 1. The largest absolute Gasteiger partial charge is 0.339 e. The quantitative estimate of drug-likeness (QED) is 0.827. The first-order valence-corrected chi connectivity index (χ1v) is 10.5. The number of carbonyl (C=O) groups is 2. The number of nitrogens with two attached hydrogens (primary N) is 1. The Balaban J connectivity index is 1.75. The van der Waals surface area contributed by atoms with E-state index in [0.29, 0.717) is 12.1 Å². The number of carbonyl (C=O) groups excluding carboxylic acids is 2. The van der Waals surface area contributed by atoms with E-state index in [4.69, 9.17) is 5.14 Å². The van der Waals surface area contributed by atoms with E-state index in [1.54, 1.807) is 29.0 Å². The van der Waals surface area contributed by atoms with Crippen LogP contribution in [-0.4, -0.2) is 38.7 Å². The Bertz CT molecular complexity index is 992. The van der Waals surface area contributed by atoms with Gasteiger partial charge in [0.05, 0.1) is 16.9 Å². The highest BCUT2D eigenvalue weighted by Gasteiger charge is 2.37. The van der Waals surface area contributed by atoms with Gasteiger partial charge in [-0.2, -0.15) is 0 Å². The van der Waals surface area contributed by atoms with E-state index >= 15 is 0 Å². The first kappa shape index (κ1) is 20.0. The Kier molecular flexibility index (Phi) is 5.53. The molecule has 2 atom stereocenters. The molecule has 1 fully saturated rings. The molecule has 0 aromatic heterocycles. The number of sulfonamides is 1. The van der Waals surface area contributed by atoms with E-state index in [0.717, 1.165) is 5.69 Å². The van der Waals surface area contributed by atoms with Crippen molar-refractivity contribution in [1.29, 1.82) is 0 Å². The Morgan fingerprint density at radius 3 is 2.50 bits per heavy atom. The summed E-state index contributed by atoms with van der Waals surface area (Å²) >= 11 is 0. The number of para-hydroxylation sites is 1. The van der Waals surface area contributed by atoms with Crippen molar-refractivity contribution in [2.75, 3.05) is 18.5 Å². The van der Waals surface area contributed by atoms with E-state index in [-0.39, 0.29) is 29.2 Å². The van der Waals surface area contributed by atoms with Gasteiger partial charge in [0.1, 0.15) is 0 Å². The molecule has 0 bridgehead atoms. The molecule has 8 heteroatoms. The molecule has 28 heavy (non-hydrogen) atoms. The highest BCUT2D eigenvalue weighted by molar-refractivity contribution is 7.89. The van der Waals surface area contributed by atoms with Crippen LogP contribution in [0.2, 0.25) is 0 Å². The lowest BCUT2D eigenvalue weighted by Crippen LogP contribution is -2.36. The molecule has 1 heterocycles. The second-order valence-electron chi connectivity index (χ2n) is 6.98. The van der Waals surface area contributed by atoms with Crippen LogP contribution in [0.1, 0.15) is 24.9 Å². The van der Waals surface area contributed by atoms with Gasteiger partial charge in [0.15, 0.2) is 0 Å². The maximum atomic E-state index is 13.0. The molecular formula is C20H23N3O4S. The van der Waals surface area contributed by atoms with Gasteiger partial charge in [-0.25, -0.2) is 13.6 Å². The maximum Gasteiger partial charge on any atom is 0.238 e. The van der Waals surface area contributed by atoms with Crippen LogP contribution in [0.4, 0.5) is 5.69 Å². The summed E-state index contributed by atoms with van der Waals surface area (Å²) in [6, 6.07) is 15.1. The summed E-state index contributed by atoms with van der Waals surface area (Å²) in [7, 11) is -2.16. The molecular weight excluding hydrogens is 378 g/mol. The molecule has 2 aromatic rings. The molecule has 2 unspecified atom stereocenters. The van der Waals surface area contributed by atoms with Crippen molar-refractivity contribution in [2.24, 2.45) is 11.1 Å². The number of anilines is 1. The van der Waals surface area contributed by atoms with Crippen LogP contribution in [-0.2, 0) is 19.6 Å². The minimum atomic E-state index is -3.82. The van der Waals surface area contributed by atoms with Gasteiger partial charge in [-0.3, -0.25) is 9.59 Å². The molecule has 0 aliphatic carbocycles. The lowest BCUT2D eigenvalue weighted by atomic mass is 10.0. The van der Waals surface area contributed by atoms with E-state index in [1.165, 1.54) is 12.1 Å². The van der Waals surface area contributed by atoms with Gasteiger partial charge in [-0.15, -0.1) is 0 Å². The van der Waals surface area contributed by atoms with E-state index in [9.17, 15) is 18.0 Å². The zero-order valence-electron chi connectivity index (χ0n) is 15.8. The van der Waals surface area contributed by atoms with Gasteiger partial charge in [-0.05, 0) is 36.8 Å². The van der Waals surface area contributed by atoms with E-state index in [1.807, 2.05) is 37.3 Å². The molecule has 2 amide bonds. The van der Waals surface area contributed by atoms with Gasteiger partial charge >= 0.3 is 0 Å². The molecule has 1 saturated heterocycles. The van der Waals surface area contributed by atoms with Crippen LogP contribution in [0.3, 0.4) is 0 Å². The fourth-order valence-electron chi connectivity index (χ4n) is 3.38. The summed E-state index contributed by atoms with van der Waals surface area (Å²) in [5.74, 6) is -0.677. The molecule has 1 aliphatic rings. The monoisotopic (exact) mass is 401 g/mol. The molecule has 0 radical (unpaired) electrons. The predicted molar refractivity (Wildman–Crippen MR) is 106 cm³/mol. The van der Waals surface area contributed by atoms with Gasteiger partial charge in [0, 0.05) is 25.7 Å². The second-order valence-corrected chi connectivity index (χ2v) is 8.54. The highest BCUT2D eigenvalue weighted by Crippen LogP contribution is 2.29. The third-order valence-electron chi connectivity index (χ3n) is 5.14. The van der Waals surface area contributed by atoms with Gasteiger partial charge in [-0.1, -0.05) is 30.3 Å². The molecule has 7 nitrogen and oxygen atoms in total. The first-order chi connectivity index (χ1) is 13.2. The van der Waals surface area contributed by atoms with Crippen molar-refractivity contribution in [2.45, 2.75) is 24.3 Å². The number of nitrogens with zero attached hydrogens (tertiary/aromatic N) is 2. The Hall–Kier alpha value is -2.71. The van der Waals surface area contributed by atoms with E-state index < -0.39 is 15.9 Å². The van der Waals surface area contributed by atoms with Crippen molar-refractivity contribution in [3.05, 3.63) is 60.2 Å². The molecule has 0 spiro atoms. The fourth-order valence-corrected chi connectivity index (χ4v) is 3.95. The summed E-state index contributed by atoms with van der Waals surface area (Å²) in [6.45, 7) is 2.14. The summed E-state index contributed by atoms with van der Waals surface area (Å²) in [5.41, 5.74) is 1.44. The summed E-state index contributed by atoms with van der Waals surface area (Å²) in [4.78, 5) is 28.5. The molecule has 2 aromatic carbocycles. The molecule has 2 N–H and O–H groups in total. The van der Waals surface area contributed by atoms with Crippen LogP contribution in [0, 0.1) is 5.92 Å². The Morgan fingerprint density at radius 1 is 1.18 bits per heavy atom. The molecule has 1 aliphatic heterocycles. The van der Waals surface area contributed by atoms with Crippen molar-refractivity contribution >= 4 is 27.5 Å². The molecule has 3 rings (SSSR count). The number of primary sulfonamides is 1. The molecule has 148 valence electrons. The average molecular weight is 401 g/mol. The SMILES string of the molecule is CC(c1cccc(S(N)(=O)=O)c1)N(C)C(=O)C1CC(=O)N(c2ccccc2)C1. The average Bonchev–Trinajstić information content (AvgIpc) is 3.08. The van der Waals surface area contributed by atoms with Crippen LogP contribution in [0.15, 0.2) is 59.5 Å².